The van der Waals surface area contributed by atoms with E-state index in [1.807, 2.05) is 86.6 Å². The average molecular weight is 386 g/mol. The molecule has 3 aromatic carbocycles. The number of benzene rings is 3. The highest BCUT2D eigenvalue weighted by Gasteiger charge is 2.24. The summed E-state index contributed by atoms with van der Waals surface area (Å²) in [5.74, 6) is -0.364. The van der Waals surface area contributed by atoms with Gasteiger partial charge in [-0.3, -0.25) is 0 Å². The van der Waals surface area contributed by atoms with Gasteiger partial charge in [-0.1, -0.05) is 84.9 Å². The molecule has 148 valence electrons. The van der Waals surface area contributed by atoms with Crippen LogP contribution in [0.2, 0.25) is 0 Å². The molecule has 0 unspecified atom stereocenters. The van der Waals surface area contributed by atoms with E-state index in [1.54, 1.807) is 0 Å². The maximum atomic E-state index is 13.0. The Balaban J connectivity index is 2.38. The first-order valence-corrected chi connectivity index (χ1v) is 9.71. The number of hydrogen-bond acceptors (Lipinski definition) is 3. The Labute approximate surface area is 172 Å². The molecule has 0 saturated carbocycles. The highest BCUT2D eigenvalue weighted by atomic mass is 16.5. The van der Waals surface area contributed by atoms with Gasteiger partial charge in [0.1, 0.15) is 0 Å². The number of carbonyl (C=O) groups excluding carboxylic acids is 1. The van der Waals surface area contributed by atoms with E-state index in [-0.39, 0.29) is 11.5 Å². The lowest BCUT2D eigenvalue weighted by Crippen LogP contribution is -2.34. The van der Waals surface area contributed by atoms with Crippen LogP contribution in [-0.2, 0) is 16.0 Å². The summed E-state index contributed by atoms with van der Waals surface area (Å²) in [5, 5.41) is 0. The molecule has 29 heavy (non-hydrogen) atoms. The second-order valence-corrected chi connectivity index (χ2v) is 7.80. The highest BCUT2D eigenvalue weighted by Crippen LogP contribution is 2.35. The summed E-state index contributed by atoms with van der Waals surface area (Å²) < 4.78 is 5.21. The summed E-state index contributed by atoms with van der Waals surface area (Å²) in [7, 11) is 1.42. The van der Waals surface area contributed by atoms with Crippen molar-refractivity contribution in [1.29, 1.82) is 0 Å². The first-order valence-electron chi connectivity index (χ1n) is 9.71. The highest BCUT2D eigenvalue weighted by molar-refractivity contribution is 6.26. The van der Waals surface area contributed by atoms with E-state index in [1.165, 1.54) is 7.11 Å². The Morgan fingerprint density at radius 3 is 1.90 bits per heavy atom. The average Bonchev–Trinajstić information content (AvgIpc) is 2.72. The number of rotatable bonds is 6. The fourth-order valence-corrected chi connectivity index (χ4v) is 3.52. The molecule has 3 nitrogen and oxygen atoms in total. The Bertz CT molecular complexity index is 1000. The van der Waals surface area contributed by atoms with E-state index in [9.17, 15) is 4.79 Å². The third-order valence-electron chi connectivity index (χ3n) is 4.70. The summed E-state index contributed by atoms with van der Waals surface area (Å²) in [6.45, 7) is 4.02. The molecule has 0 heterocycles. The van der Waals surface area contributed by atoms with Crippen LogP contribution in [0.25, 0.3) is 11.1 Å². The molecule has 3 rings (SSSR count). The molecule has 3 aromatic rings. The lowest BCUT2D eigenvalue weighted by Gasteiger charge is -2.23. The molecule has 0 aliphatic carbocycles. The second-order valence-electron chi connectivity index (χ2n) is 7.80. The lowest BCUT2D eigenvalue weighted by atomic mass is 9.84. The molecule has 0 fully saturated rings. The number of nitrogens with two attached hydrogens (primary N) is 1. The zero-order chi connectivity index (χ0) is 20.9. The van der Waals surface area contributed by atoms with Crippen molar-refractivity contribution in [3.8, 4) is 0 Å². The van der Waals surface area contributed by atoms with E-state index >= 15 is 0 Å². The molecule has 0 radical (unpaired) electrons. The standard InChI is InChI=1S/C26H27NO2/c1-26(2,27)18-21-16-10-11-17-22(21)23(19-12-6-4-7-13-19)24(25(28)29-3)20-14-8-5-9-15-20/h4-17H,18,27H2,1-3H3/b24-23-. The van der Waals surface area contributed by atoms with Crippen molar-refractivity contribution < 1.29 is 9.53 Å². The minimum Gasteiger partial charge on any atom is -0.465 e. The van der Waals surface area contributed by atoms with Crippen LogP contribution in [0, 0.1) is 0 Å². The van der Waals surface area contributed by atoms with Gasteiger partial charge in [-0.25, -0.2) is 4.79 Å². The molecule has 3 heteroatoms. The molecule has 0 spiro atoms. The lowest BCUT2D eigenvalue weighted by molar-refractivity contribution is -0.133. The van der Waals surface area contributed by atoms with Crippen LogP contribution in [-0.4, -0.2) is 18.6 Å². The van der Waals surface area contributed by atoms with E-state index in [4.69, 9.17) is 10.5 Å². The number of carbonyl (C=O) groups is 1. The fourth-order valence-electron chi connectivity index (χ4n) is 3.52. The maximum Gasteiger partial charge on any atom is 0.339 e. The molecule has 0 bridgehead atoms. The van der Waals surface area contributed by atoms with Gasteiger partial charge in [0.05, 0.1) is 12.7 Å². The van der Waals surface area contributed by atoms with Crippen molar-refractivity contribution >= 4 is 17.1 Å². The molecule has 0 amide bonds. The van der Waals surface area contributed by atoms with Gasteiger partial charge in [0, 0.05) is 11.1 Å². The van der Waals surface area contributed by atoms with Gasteiger partial charge < -0.3 is 10.5 Å². The predicted octanol–water partition coefficient (Wildman–Crippen LogP) is 5.10. The van der Waals surface area contributed by atoms with Crippen molar-refractivity contribution in [3.63, 3.8) is 0 Å². The van der Waals surface area contributed by atoms with Gasteiger partial charge in [0.25, 0.3) is 0 Å². The van der Waals surface area contributed by atoms with Crippen LogP contribution in [0.1, 0.15) is 36.1 Å². The molecular formula is C26H27NO2. The van der Waals surface area contributed by atoms with Gasteiger partial charge in [-0.05, 0) is 42.5 Å². The number of ether oxygens (including phenoxy) is 1. The smallest absolute Gasteiger partial charge is 0.339 e. The van der Waals surface area contributed by atoms with Crippen molar-refractivity contribution in [2.75, 3.05) is 7.11 Å². The van der Waals surface area contributed by atoms with Gasteiger partial charge in [-0.2, -0.15) is 0 Å². The zero-order valence-corrected chi connectivity index (χ0v) is 17.2. The third kappa shape index (κ3) is 5.01. The monoisotopic (exact) mass is 385 g/mol. The second kappa shape index (κ2) is 8.89. The summed E-state index contributed by atoms with van der Waals surface area (Å²) >= 11 is 0. The van der Waals surface area contributed by atoms with Crippen molar-refractivity contribution in [1.82, 2.24) is 0 Å². The first kappa shape index (κ1) is 20.6. The van der Waals surface area contributed by atoms with E-state index in [0.29, 0.717) is 12.0 Å². The van der Waals surface area contributed by atoms with Crippen LogP contribution >= 0.6 is 0 Å². The Morgan fingerprint density at radius 1 is 0.828 bits per heavy atom. The molecular weight excluding hydrogens is 358 g/mol. The largest absolute Gasteiger partial charge is 0.465 e. The maximum absolute atomic E-state index is 13.0. The minimum atomic E-state index is -0.379. The Kier molecular flexibility index (Phi) is 6.30. The zero-order valence-electron chi connectivity index (χ0n) is 17.2. The van der Waals surface area contributed by atoms with E-state index in [2.05, 4.69) is 12.1 Å². The molecule has 0 aliphatic heterocycles. The van der Waals surface area contributed by atoms with Gasteiger partial charge in [-0.15, -0.1) is 0 Å². The molecule has 2 N–H and O–H groups in total. The van der Waals surface area contributed by atoms with Gasteiger partial charge in [0.15, 0.2) is 0 Å². The van der Waals surface area contributed by atoms with Gasteiger partial charge in [0.2, 0.25) is 0 Å². The number of hydrogen-bond donors (Lipinski definition) is 1. The third-order valence-corrected chi connectivity index (χ3v) is 4.70. The van der Waals surface area contributed by atoms with Crippen LogP contribution in [0.15, 0.2) is 84.9 Å². The van der Waals surface area contributed by atoms with E-state index in [0.717, 1.165) is 27.8 Å². The molecule has 0 saturated heterocycles. The quantitative estimate of drug-likeness (QED) is 0.365. The SMILES string of the molecule is COC(=O)/C(=C(/c1ccccc1)c1ccccc1CC(C)(C)N)c1ccccc1. The molecule has 0 aromatic heterocycles. The number of methoxy groups -OCH3 is 1. The molecule has 0 aliphatic rings. The van der Waals surface area contributed by atoms with Gasteiger partial charge >= 0.3 is 5.97 Å². The predicted molar refractivity (Wildman–Crippen MR) is 119 cm³/mol. The minimum absolute atomic E-state index is 0.364. The Morgan fingerprint density at radius 2 is 1.34 bits per heavy atom. The normalized spacial score (nSPS) is 12.3. The van der Waals surface area contributed by atoms with Crippen molar-refractivity contribution in [2.45, 2.75) is 25.8 Å². The van der Waals surface area contributed by atoms with Crippen molar-refractivity contribution in [2.24, 2.45) is 5.73 Å². The topological polar surface area (TPSA) is 52.3 Å². The van der Waals surface area contributed by atoms with Crippen LogP contribution in [0.3, 0.4) is 0 Å². The fraction of sp³-hybridized carbons (Fsp3) is 0.192. The van der Waals surface area contributed by atoms with E-state index < -0.39 is 0 Å². The summed E-state index contributed by atoms with van der Waals surface area (Å²) in [4.78, 5) is 13.0. The molecule has 0 atom stereocenters. The first-order chi connectivity index (χ1) is 13.9. The van der Waals surface area contributed by atoms with Crippen LogP contribution in [0.5, 0.6) is 0 Å². The number of esters is 1. The summed E-state index contributed by atoms with van der Waals surface area (Å²) in [6, 6.07) is 27.7. The summed E-state index contributed by atoms with van der Waals surface area (Å²) in [5.41, 5.74) is 11.2. The van der Waals surface area contributed by atoms with Crippen LogP contribution < -0.4 is 5.73 Å². The van der Waals surface area contributed by atoms with Crippen molar-refractivity contribution in [3.05, 3.63) is 107 Å². The van der Waals surface area contributed by atoms with Crippen LogP contribution in [0.4, 0.5) is 0 Å². The summed E-state index contributed by atoms with van der Waals surface area (Å²) in [6.07, 6.45) is 0.683. The Hall–Kier alpha value is -3.17.